The number of carboxylic acids is 1. The number of halogens is 1. The Hall–Kier alpha value is -1.96. The highest BCUT2D eigenvalue weighted by Gasteiger charge is 2.23. The van der Waals surface area contributed by atoms with Crippen LogP contribution in [0.2, 0.25) is 0 Å². The highest BCUT2D eigenvalue weighted by atomic mass is 79.9. The van der Waals surface area contributed by atoms with Gasteiger partial charge in [-0.25, -0.2) is 4.79 Å². The average Bonchev–Trinajstić information content (AvgIpc) is 2.85. The van der Waals surface area contributed by atoms with Gasteiger partial charge in [-0.2, -0.15) is 0 Å². The second-order valence-corrected chi connectivity index (χ2v) is 7.24. The minimum absolute atomic E-state index is 0.0343. The van der Waals surface area contributed by atoms with Gasteiger partial charge in [-0.15, -0.1) is 0 Å². The number of aromatic carboxylic acids is 1. The van der Waals surface area contributed by atoms with E-state index in [1.165, 1.54) is 6.07 Å². The van der Waals surface area contributed by atoms with Crippen molar-refractivity contribution in [2.45, 2.75) is 10.6 Å². The Bertz CT molecular complexity index is 879. The quantitative estimate of drug-likeness (QED) is 0.589. The van der Waals surface area contributed by atoms with Gasteiger partial charge < -0.3 is 19.7 Å². The van der Waals surface area contributed by atoms with Crippen molar-refractivity contribution in [3.05, 3.63) is 58.2 Å². The van der Waals surface area contributed by atoms with Gasteiger partial charge in [0, 0.05) is 10.9 Å². The van der Waals surface area contributed by atoms with Crippen LogP contribution in [-0.2, 0) is 16.9 Å². The summed E-state index contributed by atoms with van der Waals surface area (Å²) in [5.74, 6) is -1.12. The van der Waals surface area contributed by atoms with Crippen molar-refractivity contribution in [1.29, 1.82) is 0 Å². The van der Waals surface area contributed by atoms with E-state index in [4.69, 9.17) is 0 Å². The third kappa shape index (κ3) is 3.08. The molecule has 0 aliphatic heterocycles. The maximum Gasteiger partial charge on any atom is 0.338 e. The first kappa shape index (κ1) is 15.9. The van der Waals surface area contributed by atoms with Crippen molar-refractivity contribution >= 4 is 44.0 Å². The fourth-order valence-electron chi connectivity index (χ4n) is 2.40. The standard InChI is InChI=1S/C16H12BrNO4S/c17-11-7-12-10(6-14(11)19)15(16(20)21)13(18-12)8-23(22)9-4-2-1-3-5-9/h1-7,18-19H,8H2,(H,20,21). The van der Waals surface area contributed by atoms with E-state index in [0.29, 0.717) is 26.0 Å². The van der Waals surface area contributed by atoms with Crippen LogP contribution in [-0.4, -0.2) is 25.7 Å². The number of fused-ring (bicyclic) bond motifs is 1. The smallest absolute Gasteiger partial charge is 0.338 e. The molecule has 7 heteroatoms. The third-order valence-electron chi connectivity index (χ3n) is 3.44. The summed E-state index contributed by atoms with van der Waals surface area (Å²) in [5, 5.41) is 19.7. The highest BCUT2D eigenvalue weighted by molar-refractivity contribution is 9.10. The summed E-state index contributed by atoms with van der Waals surface area (Å²) in [7, 11) is 0. The van der Waals surface area contributed by atoms with E-state index in [-0.39, 0.29) is 17.1 Å². The van der Waals surface area contributed by atoms with Crippen LogP contribution in [0.1, 0.15) is 16.1 Å². The number of benzene rings is 2. The van der Waals surface area contributed by atoms with Gasteiger partial charge in [0.25, 0.3) is 0 Å². The molecule has 0 aliphatic rings. The molecular formula is C16H12BrNO4S. The van der Waals surface area contributed by atoms with Gasteiger partial charge in [0.05, 0.1) is 15.7 Å². The number of carbonyl (C=O) groups is 1. The maximum absolute atomic E-state index is 12.4. The summed E-state index contributed by atoms with van der Waals surface area (Å²) < 4.78 is 12.9. The van der Waals surface area contributed by atoms with Crippen LogP contribution in [0.5, 0.6) is 5.75 Å². The lowest BCUT2D eigenvalue weighted by Crippen LogP contribution is -2.09. The minimum atomic E-state index is -1.37. The molecule has 0 saturated carbocycles. The predicted molar refractivity (Wildman–Crippen MR) is 91.2 cm³/mol. The first-order valence-corrected chi connectivity index (χ1v) is 8.78. The number of carboxylic acid groups (broad SMARTS) is 1. The molecule has 0 bridgehead atoms. The number of H-pyrrole nitrogens is 1. The second-order valence-electron chi connectivity index (χ2n) is 4.94. The molecule has 0 aliphatic carbocycles. The fraction of sp³-hybridized carbons (Fsp3) is 0.0625. The SMILES string of the molecule is O=C(O)c1c(C[S+]([O-])c2ccccc2)[nH]c2cc(Br)c(O)cc12. The van der Waals surface area contributed by atoms with Crippen molar-refractivity contribution in [2.24, 2.45) is 0 Å². The van der Waals surface area contributed by atoms with Gasteiger partial charge in [-0.05, 0) is 51.4 Å². The number of hydrogen-bond acceptors (Lipinski definition) is 3. The number of phenols is 1. The Labute approximate surface area is 143 Å². The number of aromatic hydroxyl groups is 1. The Morgan fingerprint density at radius 1 is 1.26 bits per heavy atom. The molecule has 1 aromatic heterocycles. The van der Waals surface area contributed by atoms with E-state index in [1.807, 2.05) is 6.07 Å². The molecule has 0 spiro atoms. The molecule has 0 fully saturated rings. The molecule has 2 aromatic carbocycles. The lowest BCUT2D eigenvalue weighted by atomic mass is 10.1. The molecule has 1 atom stereocenters. The molecule has 5 nitrogen and oxygen atoms in total. The zero-order valence-corrected chi connectivity index (χ0v) is 14.1. The van der Waals surface area contributed by atoms with Crippen LogP contribution in [0.3, 0.4) is 0 Å². The Morgan fingerprint density at radius 2 is 1.96 bits per heavy atom. The first-order chi connectivity index (χ1) is 11.0. The molecule has 1 heterocycles. The van der Waals surface area contributed by atoms with Crippen LogP contribution in [0.4, 0.5) is 0 Å². The van der Waals surface area contributed by atoms with E-state index in [9.17, 15) is 19.6 Å². The van der Waals surface area contributed by atoms with Crippen molar-refractivity contribution in [3.8, 4) is 5.75 Å². The van der Waals surface area contributed by atoms with Crippen LogP contribution in [0.15, 0.2) is 51.8 Å². The number of phenolic OH excluding ortho intramolecular Hbond substituents is 1. The van der Waals surface area contributed by atoms with Crippen LogP contribution in [0.25, 0.3) is 10.9 Å². The number of nitrogens with one attached hydrogen (secondary N) is 1. The van der Waals surface area contributed by atoms with Crippen LogP contribution >= 0.6 is 15.9 Å². The zero-order chi connectivity index (χ0) is 16.6. The van der Waals surface area contributed by atoms with E-state index in [2.05, 4.69) is 20.9 Å². The Kier molecular flexibility index (Phi) is 4.34. The number of aromatic amines is 1. The largest absolute Gasteiger partial charge is 0.611 e. The molecule has 0 saturated heterocycles. The van der Waals surface area contributed by atoms with E-state index in [1.54, 1.807) is 30.3 Å². The van der Waals surface area contributed by atoms with E-state index >= 15 is 0 Å². The number of rotatable bonds is 4. The Balaban J connectivity index is 2.06. The van der Waals surface area contributed by atoms with Crippen LogP contribution < -0.4 is 0 Å². The molecule has 3 rings (SSSR count). The number of aromatic nitrogens is 1. The lowest BCUT2D eigenvalue weighted by Gasteiger charge is -2.09. The maximum atomic E-state index is 12.4. The Morgan fingerprint density at radius 3 is 2.61 bits per heavy atom. The fourth-order valence-corrected chi connectivity index (χ4v) is 3.85. The second kappa shape index (κ2) is 6.27. The average molecular weight is 394 g/mol. The summed E-state index contributed by atoms with van der Waals surface area (Å²) in [6, 6.07) is 11.9. The van der Waals surface area contributed by atoms with E-state index in [0.717, 1.165) is 0 Å². The summed E-state index contributed by atoms with van der Waals surface area (Å²) in [4.78, 5) is 15.2. The predicted octanol–water partition coefficient (Wildman–Crippen LogP) is 3.64. The van der Waals surface area contributed by atoms with Gasteiger partial charge in [-0.1, -0.05) is 18.2 Å². The summed E-state index contributed by atoms with van der Waals surface area (Å²) in [5.41, 5.74) is 0.964. The van der Waals surface area contributed by atoms with Gasteiger partial charge >= 0.3 is 5.97 Å². The minimum Gasteiger partial charge on any atom is -0.611 e. The van der Waals surface area contributed by atoms with E-state index < -0.39 is 17.1 Å². The molecule has 1 unspecified atom stereocenters. The first-order valence-electron chi connectivity index (χ1n) is 6.67. The molecule has 0 amide bonds. The van der Waals surface area contributed by atoms with Crippen molar-refractivity contribution < 1.29 is 19.6 Å². The highest BCUT2D eigenvalue weighted by Crippen LogP contribution is 2.33. The van der Waals surface area contributed by atoms with Gasteiger partial charge in [0.1, 0.15) is 5.75 Å². The summed E-state index contributed by atoms with van der Waals surface area (Å²) in [6.45, 7) is 0. The molecule has 23 heavy (non-hydrogen) atoms. The van der Waals surface area contributed by atoms with Crippen molar-refractivity contribution in [2.75, 3.05) is 0 Å². The molecular weight excluding hydrogens is 382 g/mol. The molecule has 3 N–H and O–H groups in total. The number of hydrogen-bond donors (Lipinski definition) is 3. The summed E-state index contributed by atoms with van der Waals surface area (Å²) in [6.07, 6.45) is 0. The topological polar surface area (TPSA) is 96.4 Å². The monoisotopic (exact) mass is 393 g/mol. The third-order valence-corrected chi connectivity index (χ3v) is 5.42. The van der Waals surface area contributed by atoms with Crippen LogP contribution in [0, 0.1) is 0 Å². The van der Waals surface area contributed by atoms with Gasteiger partial charge in [0.2, 0.25) is 0 Å². The van der Waals surface area contributed by atoms with Crippen molar-refractivity contribution in [1.82, 2.24) is 4.98 Å². The normalized spacial score (nSPS) is 12.4. The van der Waals surface area contributed by atoms with Gasteiger partial charge in [-0.3, -0.25) is 0 Å². The van der Waals surface area contributed by atoms with Crippen molar-refractivity contribution in [3.63, 3.8) is 0 Å². The molecule has 3 aromatic rings. The lowest BCUT2D eigenvalue weighted by molar-refractivity contribution is 0.0698. The molecule has 118 valence electrons. The molecule has 0 radical (unpaired) electrons. The van der Waals surface area contributed by atoms with Gasteiger partial charge in [0.15, 0.2) is 10.6 Å². The summed E-state index contributed by atoms with van der Waals surface area (Å²) >= 11 is 1.83. The zero-order valence-electron chi connectivity index (χ0n) is 11.7.